The zero-order valence-corrected chi connectivity index (χ0v) is 17.5. The molecule has 3 heterocycles. The third-order valence-electron chi connectivity index (χ3n) is 6.68. The maximum Gasteiger partial charge on any atom is 0.233 e. The molecule has 2 aliphatic rings. The lowest BCUT2D eigenvalue weighted by atomic mass is 9.77. The van der Waals surface area contributed by atoms with Crippen LogP contribution in [0.2, 0.25) is 0 Å². The van der Waals surface area contributed by atoms with Gasteiger partial charge in [0.2, 0.25) is 5.91 Å². The number of hydrogen-bond acceptors (Lipinski definition) is 4. The third kappa shape index (κ3) is 3.94. The van der Waals surface area contributed by atoms with Crippen molar-refractivity contribution in [3.8, 4) is 0 Å². The zero-order valence-electron chi connectivity index (χ0n) is 17.5. The Morgan fingerprint density at radius 3 is 2.94 bits per heavy atom. The molecule has 2 fully saturated rings. The molecule has 3 aromatic rings. The molecule has 0 unspecified atom stereocenters. The van der Waals surface area contributed by atoms with Gasteiger partial charge in [-0.05, 0) is 49.1 Å². The molecular weight excluding hydrogens is 395 g/mol. The quantitative estimate of drug-likeness (QED) is 0.647. The molecule has 2 aromatic heterocycles. The number of rotatable bonds is 4. The van der Waals surface area contributed by atoms with E-state index in [9.17, 15) is 9.18 Å². The van der Waals surface area contributed by atoms with E-state index in [-0.39, 0.29) is 17.6 Å². The minimum atomic E-state index is -0.620. The molecule has 1 saturated carbocycles. The van der Waals surface area contributed by atoms with Gasteiger partial charge in [-0.15, -0.1) is 0 Å². The number of aromatic nitrogens is 3. The summed E-state index contributed by atoms with van der Waals surface area (Å²) in [7, 11) is 0. The van der Waals surface area contributed by atoms with Crippen molar-refractivity contribution in [1.29, 1.82) is 0 Å². The number of benzene rings is 1. The second kappa shape index (κ2) is 8.38. The number of imidazole rings is 1. The summed E-state index contributed by atoms with van der Waals surface area (Å²) >= 11 is 0. The molecule has 1 atom stereocenters. The Kier molecular flexibility index (Phi) is 5.44. The van der Waals surface area contributed by atoms with Crippen molar-refractivity contribution in [1.82, 2.24) is 19.5 Å². The fourth-order valence-electron chi connectivity index (χ4n) is 5.14. The monoisotopic (exact) mass is 422 g/mol. The molecular formula is C24H27FN4O2. The smallest absolute Gasteiger partial charge is 0.233 e. The number of carbonyl (C=O) groups excluding carboxylic acids is 1. The van der Waals surface area contributed by atoms with Crippen LogP contribution in [0.5, 0.6) is 0 Å². The van der Waals surface area contributed by atoms with Crippen molar-refractivity contribution in [2.75, 3.05) is 26.3 Å². The zero-order chi connectivity index (χ0) is 21.3. The molecule has 31 heavy (non-hydrogen) atoms. The number of fused-ring (bicyclic) bond motifs is 1. The molecule has 1 aromatic carbocycles. The topological polar surface area (TPSA) is 59.7 Å². The Morgan fingerprint density at radius 2 is 2.10 bits per heavy atom. The van der Waals surface area contributed by atoms with Crippen LogP contribution in [-0.2, 0) is 21.4 Å². The van der Waals surface area contributed by atoms with Crippen LogP contribution in [-0.4, -0.2) is 51.7 Å². The molecule has 6 nitrogen and oxygen atoms in total. The van der Waals surface area contributed by atoms with Crippen molar-refractivity contribution in [3.63, 3.8) is 0 Å². The van der Waals surface area contributed by atoms with Gasteiger partial charge >= 0.3 is 0 Å². The van der Waals surface area contributed by atoms with Gasteiger partial charge in [0.05, 0.1) is 24.3 Å². The van der Waals surface area contributed by atoms with Crippen molar-refractivity contribution >= 4 is 11.6 Å². The maximum absolute atomic E-state index is 14.0. The van der Waals surface area contributed by atoms with Crippen LogP contribution in [0.15, 0.2) is 48.8 Å². The molecule has 7 heteroatoms. The largest absolute Gasteiger partial charge is 0.379 e. The molecule has 0 spiro atoms. The summed E-state index contributed by atoms with van der Waals surface area (Å²) in [5.74, 6) is -0.00961. The third-order valence-corrected chi connectivity index (χ3v) is 6.68. The standard InChI is InChI=1S/C24H27FN4O2/c25-20-5-3-4-19(15-20)24(8-1-2-9-24)23(30)28-12-13-31-17-18(16-28)14-21-6-7-22-26-10-11-29(22)27-21/h3-7,10-11,15,18H,1-2,8-9,12-14,16-17H2/t18-/m1/s1. The van der Waals surface area contributed by atoms with Crippen molar-refractivity contribution < 1.29 is 13.9 Å². The summed E-state index contributed by atoms with van der Waals surface area (Å²) < 4.78 is 21.6. The highest BCUT2D eigenvalue weighted by Crippen LogP contribution is 2.43. The number of hydrogen-bond donors (Lipinski definition) is 0. The second-order valence-electron chi connectivity index (χ2n) is 8.75. The summed E-state index contributed by atoms with van der Waals surface area (Å²) in [6, 6.07) is 10.5. The molecule has 0 radical (unpaired) electrons. The van der Waals surface area contributed by atoms with Crippen LogP contribution in [0, 0.1) is 11.7 Å². The maximum atomic E-state index is 14.0. The molecule has 1 aliphatic heterocycles. The van der Waals surface area contributed by atoms with Crippen LogP contribution in [0.25, 0.3) is 5.65 Å². The first kappa shape index (κ1) is 20.1. The number of ether oxygens (including phenoxy) is 1. The highest BCUT2D eigenvalue weighted by atomic mass is 19.1. The SMILES string of the molecule is O=C(N1CCOC[C@H](Cc2ccc3nccn3n2)C1)C1(c2cccc(F)c2)CCCC1. The van der Waals surface area contributed by atoms with Crippen LogP contribution >= 0.6 is 0 Å². The minimum Gasteiger partial charge on any atom is -0.379 e. The highest BCUT2D eigenvalue weighted by Gasteiger charge is 2.45. The Labute approximate surface area is 181 Å². The van der Waals surface area contributed by atoms with Crippen LogP contribution in [0.1, 0.15) is 36.9 Å². The van der Waals surface area contributed by atoms with Gasteiger partial charge in [0.1, 0.15) is 5.82 Å². The molecule has 0 N–H and O–H groups in total. The molecule has 162 valence electrons. The first-order chi connectivity index (χ1) is 15.1. The summed E-state index contributed by atoms with van der Waals surface area (Å²) in [5, 5.41) is 4.63. The Hall–Kier alpha value is -2.80. The number of amides is 1. The predicted octanol–water partition coefficient (Wildman–Crippen LogP) is 3.40. The van der Waals surface area contributed by atoms with E-state index < -0.39 is 5.41 Å². The van der Waals surface area contributed by atoms with Gasteiger partial charge in [0.15, 0.2) is 5.65 Å². The van der Waals surface area contributed by atoms with Crippen molar-refractivity contribution in [2.45, 2.75) is 37.5 Å². The molecule has 1 saturated heterocycles. The Morgan fingerprint density at radius 1 is 1.23 bits per heavy atom. The van der Waals surface area contributed by atoms with Gasteiger partial charge in [-0.3, -0.25) is 4.79 Å². The molecule has 1 aliphatic carbocycles. The average Bonchev–Trinajstić information content (AvgIpc) is 3.40. The fourth-order valence-corrected chi connectivity index (χ4v) is 5.14. The lowest BCUT2D eigenvalue weighted by molar-refractivity contribution is -0.137. The van der Waals surface area contributed by atoms with Gasteiger partial charge in [-0.25, -0.2) is 13.9 Å². The summed E-state index contributed by atoms with van der Waals surface area (Å²) in [6.45, 7) is 2.32. The minimum absolute atomic E-state index is 0.115. The van der Waals surface area contributed by atoms with Gasteiger partial charge in [0.25, 0.3) is 0 Å². The number of carbonyl (C=O) groups is 1. The summed E-state index contributed by atoms with van der Waals surface area (Å²) in [4.78, 5) is 20.0. The average molecular weight is 423 g/mol. The van der Waals surface area contributed by atoms with Gasteiger partial charge < -0.3 is 9.64 Å². The van der Waals surface area contributed by atoms with E-state index in [1.165, 1.54) is 6.07 Å². The Bertz CT molecular complexity index is 1080. The van der Waals surface area contributed by atoms with Gasteiger partial charge in [-0.2, -0.15) is 5.10 Å². The predicted molar refractivity (Wildman–Crippen MR) is 114 cm³/mol. The van der Waals surface area contributed by atoms with Crippen LogP contribution in [0.4, 0.5) is 4.39 Å². The van der Waals surface area contributed by atoms with E-state index in [0.29, 0.717) is 26.3 Å². The van der Waals surface area contributed by atoms with E-state index in [4.69, 9.17) is 4.74 Å². The second-order valence-corrected chi connectivity index (χ2v) is 8.75. The van der Waals surface area contributed by atoms with E-state index in [1.807, 2.05) is 29.3 Å². The van der Waals surface area contributed by atoms with E-state index in [2.05, 4.69) is 10.1 Å². The number of nitrogens with zero attached hydrogens (tertiary/aromatic N) is 4. The Balaban J connectivity index is 1.37. The van der Waals surface area contributed by atoms with E-state index >= 15 is 0 Å². The first-order valence-electron chi connectivity index (χ1n) is 11.1. The molecule has 5 rings (SSSR count). The van der Waals surface area contributed by atoms with Crippen molar-refractivity contribution in [3.05, 3.63) is 65.9 Å². The van der Waals surface area contributed by atoms with Crippen molar-refractivity contribution in [2.24, 2.45) is 5.92 Å². The lowest BCUT2D eigenvalue weighted by Crippen LogP contribution is -2.47. The van der Waals surface area contributed by atoms with Gasteiger partial charge in [-0.1, -0.05) is 25.0 Å². The summed E-state index contributed by atoms with van der Waals surface area (Å²) in [6.07, 6.45) is 7.82. The number of halogens is 1. The van der Waals surface area contributed by atoms with Crippen LogP contribution in [0.3, 0.4) is 0 Å². The van der Waals surface area contributed by atoms with E-state index in [1.54, 1.807) is 22.8 Å². The normalized spacial score (nSPS) is 21.3. The lowest BCUT2D eigenvalue weighted by Gasteiger charge is -2.35. The van der Waals surface area contributed by atoms with Crippen LogP contribution < -0.4 is 0 Å². The van der Waals surface area contributed by atoms with E-state index in [0.717, 1.165) is 49.0 Å². The fraction of sp³-hybridized carbons (Fsp3) is 0.458. The molecule has 0 bridgehead atoms. The first-order valence-corrected chi connectivity index (χ1v) is 11.1. The van der Waals surface area contributed by atoms with Gasteiger partial charge in [0, 0.05) is 31.4 Å². The summed E-state index contributed by atoms with van der Waals surface area (Å²) in [5.41, 5.74) is 1.96. The molecule has 1 amide bonds. The highest BCUT2D eigenvalue weighted by molar-refractivity contribution is 5.88.